The Morgan fingerprint density at radius 2 is 2.45 bits per heavy atom. The highest BCUT2D eigenvalue weighted by atomic mass is 16.3. The van der Waals surface area contributed by atoms with Crippen LogP contribution in [-0.2, 0) is 0 Å². The fourth-order valence-electron chi connectivity index (χ4n) is 1.32. The Balaban J connectivity index is 2.56. The Morgan fingerprint density at radius 1 is 1.64 bits per heavy atom. The molecule has 1 aromatic rings. The van der Waals surface area contributed by atoms with Gasteiger partial charge in [0.15, 0.2) is 0 Å². The Kier molecular flexibility index (Phi) is 3.21. The molecule has 0 aromatic carbocycles. The van der Waals surface area contributed by atoms with E-state index in [0.29, 0.717) is 5.92 Å². The fourth-order valence-corrected chi connectivity index (χ4v) is 1.32. The van der Waals surface area contributed by atoms with E-state index in [1.807, 2.05) is 12.1 Å². The molecule has 11 heavy (non-hydrogen) atoms. The predicted octanol–water partition coefficient (Wildman–Crippen LogP) is 3.39. The van der Waals surface area contributed by atoms with Crippen LogP contribution in [0.5, 0.6) is 0 Å². The zero-order chi connectivity index (χ0) is 8.10. The van der Waals surface area contributed by atoms with Crippen molar-refractivity contribution in [3.8, 4) is 0 Å². The van der Waals surface area contributed by atoms with Gasteiger partial charge in [-0.1, -0.05) is 20.3 Å². The van der Waals surface area contributed by atoms with E-state index >= 15 is 0 Å². The van der Waals surface area contributed by atoms with Crippen LogP contribution >= 0.6 is 0 Å². The summed E-state index contributed by atoms with van der Waals surface area (Å²) in [6.07, 6.45) is 4.99. The number of hydrogen-bond donors (Lipinski definition) is 0. The quantitative estimate of drug-likeness (QED) is 0.643. The molecular weight excluding hydrogens is 136 g/mol. The van der Waals surface area contributed by atoms with Crippen LogP contribution in [0.1, 0.15) is 37.9 Å². The molecule has 0 amide bonds. The summed E-state index contributed by atoms with van der Waals surface area (Å²) >= 11 is 0. The van der Waals surface area contributed by atoms with Crippen molar-refractivity contribution in [2.75, 3.05) is 0 Å². The maximum Gasteiger partial charge on any atom is 0.106 e. The first kappa shape index (κ1) is 8.38. The van der Waals surface area contributed by atoms with Crippen LogP contribution in [0.4, 0.5) is 0 Å². The molecule has 1 radical (unpaired) electrons. The van der Waals surface area contributed by atoms with Crippen molar-refractivity contribution in [1.82, 2.24) is 0 Å². The van der Waals surface area contributed by atoms with Crippen molar-refractivity contribution in [3.63, 3.8) is 0 Å². The van der Waals surface area contributed by atoms with Gasteiger partial charge in [-0.25, -0.2) is 0 Å². The highest BCUT2D eigenvalue weighted by Gasteiger charge is 2.09. The van der Waals surface area contributed by atoms with Gasteiger partial charge >= 0.3 is 0 Å². The van der Waals surface area contributed by atoms with Gasteiger partial charge in [0.25, 0.3) is 0 Å². The first-order valence-electron chi connectivity index (χ1n) is 4.21. The molecule has 1 heterocycles. The van der Waals surface area contributed by atoms with E-state index in [4.69, 9.17) is 4.42 Å². The molecule has 0 aliphatic carbocycles. The summed E-state index contributed by atoms with van der Waals surface area (Å²) in [7, 11) is 0. The van der Waals surface area contributed by atoms with Crippen LogP contribution in [-0.4, -0.2) is 0 Å². The molecule has 1 nitrogen and oxygen atoms in total. The summed E-state index contributed by atoms with van der Waals surface area (Å²) in [6.45, 7) is 6.03. The summed E-state index contributed by atoms with van der Waals surface area (Å²) in [5.41, 5.74) is 0. The average Bonchev–Trinajstić information content (AvgIpc) is 2.52. The third kappa shape index (κ3) is 2.11. The SMILES string of the molecule is [CH2]CCC(CC)c1ccco1. The summed E-state index contributed by atoms with van der Waals surface area (Å²) in [5, 5.41) is 0. The number of hydrogen-bond acceptors (Lipinski definition) is 1. The largest absolute Gasteiger partial charge is 0.469 e. The van der Waals surface area contributed by atoms with Gasteiger partial charge in [-0.3, -0.25) is 0 Å². The molecule has 0 aliphatic rings. The minimum atomic E-state index is 0.572. The summed E-state index contributed by atoms with van der Waals surface area (Å²) in [5.74, 6) is 1.68. The summed E-state index contributed by atoms with van der Waals surface area (Å²) in [6, 6.07) is 3.99. The van der Waals surface area contributed by atoms with Crippen molar-refractivity contribution in [2.24, 2.45) is 0 Å². The maximum atomic E-state index is 5.31. The Morgan fingerprint density at radius 3 is 2.91 bits per heavy atom. The van der Waals surface area contributed by atoms with Crippen LogP contribution in [0.25, 0.3) is 0 Å². The predicted molar refractivity (Wildman–Crippen MR) is 46.3 cm³/mol. The first-order valence-corrected chi connectivity index (χ1v) is 4.21. The molecule has 0 bridgehead atoms. The zero-order valence-corrected chi connectivity index (χ0v) is 7.05. The second-order valence-corrected chi connectivity index (χ2v) is 2.76. The van der Waals surface area contributed by atoms with Gasteiger partial charge in [0.05, 0.1) is 6.26 Å². The van der Waals surface area contributed by atoms with E-state index in [1.54, 1.807) is 6.26 Å². The molecule has 1 rings (SSSR count). The lowest BCUT2D eigenvalue weighted by Crippen LogP contribution is -1.93. The fraction of sp³-hybridized carbons (Fsp3) is 0.500. The summed E-state index contributed by atoms with van der Waals surface area (Å²) < 4.78 is 5.31. The highest BCUT2D eigenvalue weighted by Crippen LogP contribution is 2.24. The van der Waals surface area contributed by atoms with Gasteiger partial charge in [0.2, 0.25) is 0 Å². The molecule has 1 heteroatoms. The van der Waals surface area contributed by atoms with Gasteiger partial charge in [-0.15, -0.1) is 0 Å². The smallest absolute Gasteiger partial charge is 0.106 e. The van der Waals surface area contributed by atoms with E-state index in [1.165, 1.54) is 0 Å². The molecule has 0 spiro atoms. The topological polar surface area (TPSA) is 13.1 Å². The molecule has 61 valence electrons. The molecule has 0 saturated heterocycles. The third-order valence-corrected chi connectivity index (χ3v) is 1.99. The third-order valence-electron chi connectivity index (χ3n) is 1.99. The summed E-state index contributed by atoms with van der Waals surface area (Å²) in [4.78, 5) is 0. The second-order valence-electron chi connectivity index (χ2n) is 2.76. The van der Waals surface area contributed by atoms with Gasteiger partial charge < -0.3 is 4.42 Å². The molecule has 0 aliphatic heterocycles. The van der Waals surface area contributed by atoms with Crippen molar-refractivity contribution in [2.45, 2.75) is 32.1 Å². The molecule has 0 fully saturated rings. The minimum Gasteiger partial charge on any atom is -0.469 e. The van der Waals surface area contributed by atoms with E-state index in [0.717, 1.165) is 25.0 Å². The van der Waals surface area contributed by atoms with Crippen LogP contribution in [0.2, 0.25) is 0 Å². The van der Waals surface area contributed by atoms with Crippen molar-refractivity contribution in [3.05, 3.63) is 31.1 Å². The molecule has 1 aromatic heterocycles. The first-order chi connectivity index (χ1) is 5.38. The Labute approximate surface area is 68.4 Å². The Bertz CT molecular complexity index is 177. The standard InChI is InChI=1S/C10H15O/c1-3-6-9(4-2)10-7-5-8-11-10/h5,7-9H,1,3-4,6H2,2H3. The number of rotatable bonds is 4. The molecule has 1 unspecified atom stereocenters. The van der Waals surface area contributed by atoms with Gasteiger partial charge in [0, 0.05) is 5.92 Å². The zero-order valence-electron chi connectivity index (χ0n) is 7.05. The van der Waals surface area contributed by atoms with Crippen LogP contribution in [0.15, 0.2) is 22.8 Å². The van der Waals surface area contributed by atoms with E-state index in [-0.39, 0.29) is 0 Å². The lowest BCUT2D eigenvalue weighted by atomic mass is 9.98. The maximum absolute atomic E-state index is 5.31. The lowest BCUT2D eigenvalue weighted by molar-refractivity contribution is 0.440. The van der Waals surface area contributed by atoms with Gasteiger partial charge in [-0.2, -0.15) is 0 Å². The van der Waals surface area contributed by atoms with Crippen LogP contribution < -0.4 is 0 Å². The van der Waals surface area contributed by atoms with Crippen molar-refractivity contribution in [1.29, 1.82) is 0 Å². The molecule has 0 saturated carbocycles. The monoisotopic (exact) mass is 151 g/mol. The second kappa shape index (κ2) is 4.22. The molecule has 0 N–H and O–H groups in total. The lowest BCUT2D eigenvalue weighted by Gasteiger charge is -2.09. The van der Waals surface area contributed by atoms with Crippen molar-refractivity contribution < 1.29 is 4.42 Å². The van der Waals surface area contributed by atoms with E-state index in [2.05, 4.69) is 13.8 Å². The molecular formula is C10H15O. The van der Waals surface area contributed by atoms with E-state index in [9.17, 15) is 0 Å². The number of furan rings is 1. The normalized spacial score (nSPS) is 13.3. The molecule has 1 atom stereocenters. The van der Waals surface area contributed by atoms with Crippen molar-refractivity contribution >= 4 is 0 Å². The minimum absolute atomic E-state index is 0.572. The Hall–Kier alpha value is -0.720. The van der Waals surface area contributed by atoms with Gasteiger partial charge in [0.1, 0.15) is 5.76 Å². The average molecular weight is 151 g/mol. The highest BCUT2D eigenvalue weighted by molar-refractivity contribution is 5.04. The van der Waals surface area contributed by atoms with Gasteiger partial charge in [-0.05, 0) is 25.0 Å². The van der Waals surface area contributed by atoms with Crippen LogP contribution in [0.3, 0.4) is 0 Å². The van der Waals surface area contributed by atoms with E-state index < -0.39 is 0 Å². The van der Waals surface area contributed by atoms with Crippen LogP contribution in [0, 0.1) is 6.92 Å².